The fraction of sp³-hybridized carbons (Fsp3) is 0.333. The number of oxazole rings is 1. The number of ether oxygens (including phenoxy) is 1. The molecule has 0 N–H and O–H groups in total. The number of hydrogen-bond donors (Lipinski definition) is 0. The van der Waals surface area contributed by atoms with Crippen molar-refractivity contribution in [3.05, 3.63) is 65.0 Å². The smallest absolute Gasteiger partial charge is 0.230 e. The molecule has 5 rings (SSSR count). The van der Waals surface area contributed by atoms with Crippen molar-refractivity contribution < 1.29 is 9.15 Å². The number of thiazole rings is 1. The van der Waals surface area contributed by atoms with E-state index in [0.717, 1.165) is 47.8 Å². The monoisotopic (exact) mass is 419 g/mol. The molecule has 0 bridgehead atoms. The molecular formula is C24H25N3O2S. The zero-order valence-electron chi connectivity index (χ0n) is 17.3. The summed E-state index contributed by atoms with van der Waals surface area (Å²) in [4.78, 5) is 12.2. The summed E-state index contributed by atoms with van der Waals surface area (Å²) in [7, 11) is 0. The van der Waals surface area contributed by atoms with Crippen LogP contribution in [0, 0.1) is 6.92 Å². The van der Waals surface area contributed by atoms with Crippen LogP contribution in [0.4, 0.5) is 0 Å². The van der Waals surface area contributed by atoms with Crippen LogP contribution >= 0.6 is 11.3 Å². The maximum Gasteiger partial charge on any atom is 0.230 e. The van der Waals surface area contributed by atoms with E-state index in [2.05, 4.69) is 29.2 Å². The van der Waals surface area contributed by atoms with Gasteiger partial charge in [0.2, 0.25) is 5.89 Å². The first kappa shape index (κ1) is 19.3. The summed E-state index contributed by atoms with van der Waals surface area (Å²) in [5, 5.41) is 1.21. The van der Waals surface area contributed by atoms with Crippen LogP contribution in [-0.2, 0) is 6.54 Å². The Morgan fingerprint density at radius 2 is 1.97 bits per heavy atom. The molecule has 2 aromatic heterocycles. The zero-order valence-corrected chi connectivity index (χ0v) is 18.1. The highest BCUT2D eigenvalue weighted by atomic mass is 32.1. The van der Waals surface area contributed by atoms with Gasteiger partial charge in [-0.3, -0.25) is 4.90 Å². The topological polar surface area (TPSA) is 51.4 Å². The summed E-state index contributed by atoms with van der Waals surface area (Å²) in [6.45, 7) is 6.42. The fourth-order valence-corrected chi connectivity index (χ4v) is 5.27. The number of aromatic nitrogens is 2. The third kappa shape index (κ3) is 3.61. The van der Waals surface area contributed by atoms with Crippen molar-refractivity contribution in [2.45, 2.75) is 39.3 Å². The second-order valence-electron chi connectivity index (χ2n) is 7.60. The van der Waals surface area contributed by atoms with Gasteiger partial charge >= 0.3 is 0 Å². The summed E-state index contributed by atoms with van der Waals surface area (Å²) < 4.78 is 13.1. The van der Waals surface area contributed by atoms with Crippen molar-refractivity contribution in [2.24, 2.45) is 0 Å². The van der Waals surface area contributed by atoms with Gasteiger partial charge in [-0.05, 0) is 57.5 Å². The number of rotatable bonds is 6. The Bertz CT molecular complexity index is 1130. The number of hydrogen-bond acceptors (Lipinski definition) is 6. The standard InChI is InChI=1S/C24H25N3O2S/c1-3-28-21-12-6-4-9-17(21)23-25-19(16(2)29-23)15-27-14-8-11-20(27)24-26-18-10-5-7-13-22(18)30-24/h4-7,9-10,12-13,20H,3,8,11,14-15H2,1-2H3. The first-order valence-corrected chi connectivity index (χ1v) is 11.3. The van der Waals surface area contributed by atoms with Crippen molar-refractivity contribution in [2.75, 3.05) is 13.2 Å². The van der Waals surface area contributed by atoms with E-state index in [-0.39, 0.29) is 0 Å². The quantitative estimate of drug-likeness (QED) is 0.384. The van der Waals surface area contributed by atoms with E-state index in [1.165, 1.54) is 16.1 Å². The minimum atomic E-state index is 0.345. The summed E-state index contributed by atoms with van der Waals surface area (Å²) in [5.74, 6) is 2.30. The van der Waals surface area contributed by atoms with E-state index in [1.54, 1.807) is 0 Å². The summed E-state index contributed by atoms with van der Waals surface area (Å²) in [6, 6.07) is 16.6. The van der Waals surface area contributed by atoms with Gasteiger partial charge in [-0.1, -0.05) is 24.3 Å². The van der Waals surface area contributed by atoms with Crippen molar-refractivity contribution in [3.8, 4) is 17.2 Å². The minimum Gasteiger partial charge on any atom is -0.493 e. The van der Waals surface area contributed by atoms with Gasteiger partial charge in [0.05, 0.1) is 34.1 Å². The van der Waals surface area contributed by atoms with Gasteiger partial charge in [-0.2, -0.15) is 0 Å². The lowest BCUT2D eigenvalue weighted by Gasteiger charge is -2.21. The van der Waals surface area contributed by atoms with E-state index in [4.69, 9.17) is 19.1 Å². The molecule has 0 saturated carbocycles. The van der Waals surface area contributed by atoms with E-state index in [9.17, 15) is 0 Å². The molecule has 0 spiro atoms. The van der Waals surface area contributed by atoms with E-state index < -0.39 is 0 Å². The van der Waals surface area contributed by atoms with Crippen LogP contribution in [0.25, 0.3) is 21.7 Å². The van der Waals surface area contributed by atoms with Gasteiger partial charge in [0.1, 0.15) is 16.5 Å². The summed E-state index contributed by atoms with van der Waals surface area (Å²) in [6.07, 6.45) is 2.31. The zero-order chi connectivity index (χ0) is 20.5. The lowest BCUT2D eigenvalue weighted by atomic mass is 10.2. The molecule has 3 heterocycles. The Kier molecular flexibility index (Phi) is 5.27. The van der Waals surface area contributed by atoms with Crippen LogP contribution in [0.3, 0.4) is 0 Å². The van der Waals surface area contributed by atoms with Crippen molar-refractivity contribution in [3.63, 3.8) is 0 Å². The number of para-hydroxylation sites is 2. The van der Waals surface area contributed by atoms with Crippen molar-refractivity contribution in [1.29, 1.82) is 0 Å². The Balaban J connectivity index is 1.40. The number of benzene rings is 2. The van der Waals surface area contributed by atoms with Crippen LogP contribution in [0.5, 0.6) is 5.75 Å². The number of likely N-dealkylation sites (tertiary alicyclic amines) is 1. The third-order valence-corrected chi connectivity index (χ3v) is 6.76. The fourth-order valence-electron chi connectivity index (χ4n) is 4.13. The van der Waals surface area contributed by atoms with E-state index >= 15 is 0 Å². The first-order valence-electron chi connectivity index (χ1n) is 10.5. The predicted octanol–water partition coefficient (Wildman–Crippen LogP) is 6.00. The average molecular weight is 420 g/mol. The highest BCUT2D eigenvalue weighted by Crippen LogP contribution is 2.38. The molecule has 4 aromatic rings. The lowest BCUT2D eigenvalue weighted by Crippen LogP contribution is -2.23. The Morgan fingerprint density at radius 3 is 2.83 bits per heavy atom. The largest absolute Gasteiger partial charge is 0.493 e. The molecule has 5 nitrogen and oxygen atoms in total. The van der Waals surface area contributed by atoms with Crippen LogP contribution in [0.2, 0.25) is 0 Å². The van der Waals surface area contributed by atoms with Gasteiger partial charge < -0.3 is 9.15 Å². The van der Waals surface area contributed by atoms with Gasteiger partial charge in [0.25, 0.3) is 0 Å². The van der Waals surface area contributed by atoms with Gasteiger partial charge in [0.15, 0.2) is 0 Å². The molecule has 1 unspecified atom stereocenters. The molecule has 0 amide bonds. The highest BCUT2D eigenvalue weighted by molar-refractivity contribution is 7.18. The summed E-state index contributed by atoms with van der Waals surface area (Å²) >= 11 is 1.81. The minimum absolute atomic E-state index is 0.345. The Hall–Kier alpha value is -2.70. The molecule has 1 saturated heterocycles. The second-order valence-corrected chi connectivity index (χ2v) is 8.66. The molecule has 2 aromatic carbocycles. The first-order chi connectivity index (χ1) is 14.7. The molecule has 6 heteroatoms. The second kappa shape index (κ2) is 8.20. The molecule has 30 heavy (non-hydrogen) atoms. The molecule has 1 aliphatic heterocycles. The molecule has 0 aliphatic carbocycles. The summed E-state index contributed by atoms with van der Waals surface area (Å²) in [5.41, 5.74) is 2.99. The van der Waals surface area contributed by atoms with Crippen molar-refractivity contribution in [1.82, 2.24) is 14.9 Å². The highest BCUT2D eigenvalue weighted by Gasteiger charge is 2.30. The molecule has 1 atom stereocenters. The van der Waals surface area contributed by atoms with Crippen LogP contribution in [-0.4, -0.2) is 28.0 Å². The third-order valence-electron chi connectivity index (χ3n) is 5.62. The lowest BCUT2D eigenvalue weighted by molar-refractivity contribution is 0.244. The van der Waals surface area contributed by atoms with Gasteiger partial charge in [0, 0.05) is 6.54 Å². The Morgan fingerprint density at radius 1 is 1.13 bits per heavy atom. The maximum atomic E-state index is 6.06. The molecule has 1 fully saturated rings. The van der Waals surface area contributed by atoms with Crippen LogP contribution < -0.4 is 4.74 Å². The Labute approximate surface area is 180 Å². The van der Waals surface area contributed by atoms with Crippen LogP contribution in [0.15, 0.2) is 52.9 Å². The van der Waals surface area contributed by atoms with E-state index in [0.29, 0.717) is 18.5 Å². The molecular weight excluding hydrogens is 394 g/mol. The van der Waals surface area contributed by atoms with Gasteiger partial charge in [-0.15, -0.1) is 11.3 Å². The molecule has 0 radical (unpaired) electrons. The van der Waals surface area contributed by atoms with Crippen LogP contribution in [0.1, 0.15) is 42.3 Å². The maximum absolute atomic E-state index is 6.06. The van der Waals surface area contributed by atoms with Gasteiger partial charge in [-0.25, -0.2) is 9.97 Å². The number of aryl methyl sites for hydroxylation is 1. The predicted molar refractivity (Wildman–Crippen MR) is 120 cm³/mol. The SMILES string of the molecule is CCOc1ccccc1-c1nc(CN2CCCC2c2nc3ccccc3s2)c(C)o1. The number of nitrogens with zero attached hydrogens (tertiary/aromatic N) is 3. The average Bonchev–Trinajstić information content (AvgIpc) is 3.47. The molecule has 154 valence electrons. The van der Waals surface area contributed by atoms with Crippen molar-refractivity contribution >= 4 is 21.6 Å². The molecule has 1 aliphatic rings. The normalized spacial score (nSPS) is 17.1. The number of fused-ring (bicyclic) bond motifs is 1. The van der Waals surface area contributed by atoms with E-state index in [1.807, 2.05) is 49.4 Å².